The van der Waals surface area contributed by atoms with Crippen LogP contribution in [0.4, 0.5) is 5.69 Å². The Kier molecular flexibility index (Phi) is 6.78. The van der Waals surface area contributed by atoms with Gasteiger partial charge in [0, 0.05) is 20.7 Å². The van der Waals surface area contributed by atoms with Crippen molar-refractivity contribution in [2.45, 2.75) is 0 Å². The van der Waals surface area contributed by atoms with Crippen LogP contribution in [0.15, 0.2) is 52.5 Å². The number of hydrogen-bond donors (Lipinski definition) is 2. The van der Waals surface area contributed by atoms with E-state index in [1.54, 1.807) is 42.5 Å². The number of hydrogen-bond acceptors (Lipinski definition) is 4. The van der Waals surface area contributed by atoms with E-state index in [4.69, 9.17) is 21.4 Å². The summed E-state index contributed by atoms with van der Waals surface area (Å²) in [5.41, 5.74) is 0.707. The first-order valence-electron chi connectivity index (χ1n) is 7.22. The fraction of sp³-hybridized carbons (Fsp3) is 0.0556. The lowest BCUT2D eigenvalue weighted by Gasteiger charge is -2.09. The Hall–Kier alpha value is -2.82. The average Bonchev–Trinajstić information content (AvgIpc) is 2.60. The summed E-state index contributed by atoms with van der Waals surface area (Å²) < 4.78 is 5.87. The molecule has 2 N–H and O–H groups in total. The summed E-state index contributed by atoms with van der Waals surface area (Å²) in [6.45, 7) is -0.540. The first-order chi connectivity index (χ1) is 12.4. The van der Waals surface area contributed by atoms with Crippen LogP contribution in [0.2, 0.25) is 5.02 Å². The van der Waals surface area contributed by atoms with Crippen LogP contribution in [0.5, 0.6) is 5.75 Å². The van der Waals surface area contributed by atoms with Crippen molar-refractivity contribution in [3.8, 4) is 11.8 Å². The molecule has 0 spiro atoms. The summed E-state index contributed by atoms with van der Waals surface area (Å²) in [5, 5.41) is 21.2. The molecule has 0 aliphatic heterocycles. The molecule has 2 rings (SSSR count). The highest BCUT2D eigenvalue weighted by atomic mass is 79.9. The van der Waals surface area contributed by atoms with E-state index in [0.717, 1.165) is 0 Å². The molecule has 132 valence electrons. The van der Waals surface area contributed by atoms with Crippen LogP contribution in [0.1, 0.15) is 5.56 Å². The number of rotatable bonds is 6. The number of nitriles is 1. The van der Waals surface area contributed by atoms with E-state index in [1.165, 1.54) is 6.08 Å². The first kappa shape index (κ1) is 19.5. The van der Waals surface area contributed by atoms with Crippen molar-refractivity contribution >= 4 is 51.2 Å². The van der Waals surface area contributed by atoms with Crippen molar-refractivity contribution in [2.24, 2.45) is 0 Å². The minimum Gasteiger partial charge on any atom is -0.481 e. The number of carbonyl (C=O) groups excluding carboxylic acids is 1. The molecule has 2 aromatic rings. The zero-order valence-corrected chi connectivity index (χ0v) is 15.5. The molecule has 0 atom stereocenters. The van der Waals surface area contributed by atoms with Gasteiger partial charge in [-0.3, -0.25) is 4.79 Å². The molecule has 0 saturated carbocycles. The van der Waals surface area contributed by atoms with Gasteiger partial charge in [0.15, 0.2) is 6.61 Å². The van der Waals surface area contributed by atoms with Crippen molar-refractivity contribution in [2.75, 3.05) is 11.9 Å². The quantitative estimate of drug-likeness (QED) is 0.525. The monoisotopic (exact) mass is 434 g/mol. The Morgan fingerprint density at radius 2 is 1.96 bits per heavy atom. The third-order valence-corrected chi connectivity index (χ3v) is 3.84. The predicted octanol–water partition coefficient (Wildman–Crippen LogP) is 4.11. The van der Waals surface area contributed by atoms with Crippen LogP contribution in [0, 0.1) is 11.3 Å². The van der Waals surface area contributed by atoms with Gasteiger partial charge in [-0.25, -0.2) is 4.79 Å². The Morgan fingerprint density at radius 3 is 2.58 bits per heavy atom. The van der Waals surface area contributed by atoms with Gasteiger partial charge in [-0.05, 0) is 48.5 Å². The molecule has 26 heavy (non-hydrogen) atoms. The van der Waals surface area contributed by atoms with Gasteiger partial charge in [-0.1, -0.05) is 27.5 Å². The maximum absolute atomic E-state index is 12.3. The third kappa shape index (κ3) is 5.62. The summed E-state index contributed by atoms with van der Waals surface area (Å²) in [5.74, 6) is -1.51. The van der Waals surface area contributed by atoms with E-state index in [-0.39, 0.29) is 11.3 Å². The molecule has 0 unspecified atom stereocenters. The lowest BCUT2D eigenvalue weighted by Crippen LogP contribution is -2.13. The molecule has 0 aliphatic carbocycles. The van der Waals surface area contributed by atoms with Gasteiger partial charge in [0.25, 0.3) is 5.91 Å². The second kappa shape index (κ2) is 9.04. The van der Waals surface area contributed by atoms with Gasteiger partial charge in [-0.15, -0.1) is 0 Å². The molecule has 2 aromatic carbocycles. The van der Waals surface area contributed by atoms with Crippen molar-refractivity contribution in [1.29, 1.82) is 5.26 Å². The summed E-state index contributed by atoms with van der Waals surface area (Å²) in [7, 11) is 0. The molecule has 0 heterocycles. The number of carboxylic acid groups (broad SMARTS) is 1. The molecule has 6 nitrogen and oxygen atoms in total. The number of halogens is 2. The zero-order valence-electron chi connectivity index (χ0n) is 13.2. The minimum absolute atomic E-state index is 0.168. The van der Waals surface area contributed by atoms with E-state index in [0.29, 0.717) is 20.7 Å². The molecule has 8 heteroatoms. The fourth-order valence-corrected chi connectivity index (χ4v) is 2.44. The number of benzene rings is 2. The van der Waals surface area contributed by atoms with Crippen LogP contribution >= 0.6 is 27.5 Å². The number of amides is 1. The molecule has 0 aliphatic rings. The number of anilines is 1. The third-order valence-electron chi connectivity index (χ3n) is 3.09. The Labute approximate surface area is 162 Å². The topological polar surface area (TPSA) is 99.4 Å². The number of nitrogens with one attached hydrogen (secondary N) is 1. The van der Waals surface area contributed by atoms with E-state index >= 15 is 0 Å². The number of carbonyl (C=O) groups is 2. The Balaban J connectivity index is 2.28. The average molecular weight is 436 g/mol. The van der Waals surface area contributed by atoms with Crippen LogP contribution in [-0.2, 0) is 9.59 Å². The first-order valence-corrected chi connectivity index (χ1v) is 8.39. The summed E-state index contributed by atoms with van der Waals surface area (Å²) in [6, 6.07) is 13.1. The normalized spacial score (nSPS) is 10.7. The summed E-state index contributed by atoms with van der Waals surface area (Å²) in [4.78, 5) is 23.0. The lowest BCUT2D eigenvalue weighted by atomic mass is 10.1. The van der Waals surface area contributed by atoms with Gasteiger partial charge in [0.05, 0.1) is 0 Å². The summed E-state index contributed by atoms with van der Waals surface area (Å²) in [6.07, 6.45) is 1.33. The van der Waals surface area contributed by atoms with Crippen molar-refractivity contribution in [1.82, 2.24) is 0 Å². The highest BCUT2D eigenvalue weighted by Crippen LogP contribution is 2.26. The highest BCUT2D eigenvalue weighted by Gasteiger charge is 2.12. The molecule has 0 bridgehead atoms. The van der Waals surface area contributed by atoms with Gasteiger partial charge >= 0.3 is 5.97 Å². The van der Waals surface area contributed by atoms with Crippen LogP contribution in [-0.4, -0.2) is 23.6 Å². The fourth-order valence-electron chi connectivity index (χ4n) is 1.94. The van der Waals surface area contributed by atoms with Crippen LogP contribution in [0.3, 0.4) is 0 Å². The standard InChI is InChI=1S/C18H12BrClN2O4/c19-13-1-6-16(26-10-17(23)24)11(8-13)7-12(9-21)18(25)22-15-4-2-14(20)3-5-15/h1-8H,10H2,(H,22,25)(H,23,24)/b12-7+. The molecular weight excluding hydrogens is 424 g/mol. The SMILES string of the molecule is N#C/C(=C\c1cc(Br)ccc1OCC(=O)O)C(=O)Nc1ccc(Cl)cc1. The van der Waals surface area contributed by atoms with E-state index < -0.39 is 18.5 Å². The van der Waals surface area contributed by atoms with Crippen LogP contribution in [0.25, 0.3) is 6.08 Å². The molecular formula is C18H12BrClN2O4. The number of aliphatic carboxylic acids is 1. The number of ether oxygens (including phenoxy) is 1. The van der Waals surface area contributed by atoms with Gasteiger partial charge < -0.3 is 15.2 Å². The molecule has 1 amide bonds. The second-order valence-corrected chi connectivity index (χ2v) is 6.35. The van der Waals surface area contributed by atoms with Crippen molar-refractivity contribution in [3.63, 3.8) is 0 Å². The van der Waals surface area contributed by atoms with Gasteiger partial charge in [-0.2, -0.15) is 5.26 Å². The van der Waals surface area contributed by atoms with Crippen molar-refractivity contribution < 1.29 is 19.4 Å². The van der Waals surface area contributed by atoms with Gasteiger partial charge in [0.1, 0.15) is 17.4 Å². The second-order valence-electron chi connectivity index (χ2n) is 5.00. The van der Waals surface area contributed by atoms with Crippen LogP contribution < -0.4 is 10.1 Å². The maximum Gasteiger partial charge on any atom is 0.341 e. The lowest BCUT2D eigenvalue weighted by molar-refractivity contribution is -0.139. The van der Waals surface area contributed by atoms with E-state index in [1.807, 2.05) is 6.07 Å². The highest BCUT2D eigenvalue weighted by molar-refractivity contribution is 9.10. The molecule has 0 aromatic heterocycles. The van der Waals surface area contributed by atoms with E-state index in [2.05, 4.69) is 21.2 Å². The van der Waals surface area contributed by atoms with Crippen molar-refractivity contribution in [3.05, 3.63) is 63.1 Å². The molecule has 0 radical (unpaired) electrons. The van der Waals surface area contributed by atoms with Gasteiger partial charge in [0.2, 0.25) is 0 Å². The maximum atomic E-state index is 12.3. The zero-order chi connectivity index (χ0) is 19.1. The Morgan fingerprint density at radius 1 is 1.27 bits per heavy atom. The van der Waals surface area contributed by atoms with E-state index in [9.17, 15) is 14.9 Å². The Bertz CT molecular complexity index is 904. The smallest absolute Gasteiger partial charge is 0.341 e. The minimum atomic E-state index is -1.14. The number of carboxylic acids is 1. The summed E-state index contributed by atoms with van der Waals surface area (Å²) >= 11 is 9.08. The largest absolute Gasteiger partial charge is 0.481 e. The predicted molar refractivity (Wildman–Crippen MR) is 101 cm³/mol. The molecule has 0 saturated heterocycles. The number of nitrogens with zero attached hydrogens (tertiary/aromatic N) is 1. The molecule has 0 fully saturated rings.